The van der Waals surface area contributed by atoms with Crippen LogP contribution in [0.15, 0.2) is 58.3 Å². The summed E-state index contributed by atoms with van der Waals surface area (Å²) in [7, 11) is 25.2. The van der Waals surface area contributed by atoms with Crippen LogP contribution < -0.4 is 0 Å². The van der Waals surface area contributed by atoms with Gasteiger partial charge in [-0.25, -0.2) is 0 Å². The maximum atomic E-state index is 12.5. The van der Waals surface area contributed by atoms with Crippen molar-refractivity contribution in [2.75, 3.05) is 0 Å². The molecule has 0 spiro atoms. The van der Waals surface area contributed by atoms with Crippen LogP contribution in [-0.4, -0.2) is 74.7 Å². The van der Waals surface area contributed by atoms with E-state index in [9.17, 15) is 16.8 Å². The Morgan fingerprint density at radius 3 is 1.10 bits per heavy atom. The lowest BCUT2D eigenvalue weighted by molar-refractivity contribution is 0.140. The summed E-state index contributed by atoms with van der Waals surface area (Å²) in [4.78, 5) is -0.635. The van der Waals surface area contributed by atoms with Crippen molar-refractivity contribution in [3.8, 4) is 0 Å². The molecule has 0 heterocycles. The number of hydrogen-bond donors (Lipinski definition) is 0. The first kappa shape index (κ1) is 25.9. The van der Waals surface area contributed by atoms with E-state index in [0.29, 0.717) is 0 Å². The predicted molar refractivity (Wildman–Crippen MR) is 122 cm³/mol. The Bertz CT molecular complexity index is 1050. The molecular weight excluding hydrogens is 429 g/mol. The molecule has 6 nitrogen and oxygen atoms in total. The molecule has 14 heteroatoms. The second-order valence-corrected chi connectivity index (χ2v) is 10.2. The minimum atomic E-state index is -4.60. The monoisotopic (exact) mass is 444 g/mol. The van der Waals surface area contributed by atoms with Gasteiger partial charge in [0.2, 0.25) is 0 Å². The second-order valence-electron chi connectivity index (χ2n) is 7.16. The van der Waals surface area contributed by atoms with Crippen LogP contribution in [0.3, 0.4) is 0 Å². The van der Waals surface area contributed by atoms with Crippen molar-refractivity contribution in [1.29, 1.82) is 0 Å². The van der Waals surface area contributed by atoms with Gasteiger partial charge >= 0.3 is 0 Å². The minimum Gasteiger partial charge on any atom is -0.280 e. The summed E-state index contributed by atoms with van der Waals surface area (Å²) in [6.07, 6.45) is 0. The number of benzene rings is 2. The molecule has 0 amide bonds. The van der Waals surface area contributed by atoms with Crippen molar-refractivity contribution in [3.05, 3.63) is 59.7 Å². The molecule has 2 aromatic carbocycles. The van der Waals surface area contributed by atoms with Crippen molar-refractivity contribution in [2.45, 2.75) is 39.7 Å². The fourth-order valence-electron chi connectivity index (χ4n) is 2.31. The molecule has 0 fully saturated rings. The Labute approximate surface area is 191 Å². The van der Waals surface area contributed by atoms with Crippen LogP contribution >= 0.6 is 0 Å². The second kappa shape index (κ2) is 8.54. The number of rotatable bonds is 8. The molecule has 0 atom stereocenters. The molecule has 0 saturated heterocycles. The van der Waals surface area contributed by atoms with Gasteiger partial charge in [0.15, 0.2) is 0 Å². The smallest absolute Gasteiger partial charge is 0.280 e. The summed E-state index contributed by atoms with van der Waals surface area (Å²) in [6, 6.07) is 10.9. The van der Waals surface area contributed by atoms with Gasteiger partial charge in [-0.2, -0.15) is 16.8 Å². The predicted octanol–water partition coefficient (Wildman–Crippen LogP) is -0.151. The fourth-order valence-corrected chi connectivity index (χ4v) is 4.45. The molecule has 0 aliphatic heterocycles. The highest BCUT2D eigenvalue weighted by atomic mass is 32.2. The average Bonchev–Trinajstić information content (AvgIpc) is 2.60. The van der Waals surface area contributed by atoms with Gasteiger partial charge in [0.25, 0.3) is 20.2 Å². The van der Waals surface area contributed by atoms with E-state index in [1.54, 1.807) is 13.8 Å². The van der Waals surface area contributed by atoms with Crippen LogP contribution in [-0.2, 0) is 28.6 Å². The Balaban J connectivity index is 2.35. The van der Waals surface area contributed by atoms with Gasteiger partial charge in [-0.15, -0.1) is 0 Å². The maximum Gasteiger partial charge on any atom is 0.296 e. The van der Waals surface area contributed by atoms with E-state index in [1.165, 1.54) is 48.5 Å². The quantitative estimate of drug-likeness (QED) is 0.417. The van der Waals surface area contributed by atoms with E-state index in [-0.39, 0.29) is 9.79 Å². The topological polar surface area (TPSA) is 86.7 Å². The van der Waals surface area contributed by atoms with E-state index in [0.717, 1.165) is 11.1 Å². The zero-order chi connectivity index (χ0) is 23.9. The standard InChI is InChI=1S/C17H14B6O6S2/c1-11-3-7-13(8-4-11)30(24,25)28-16(20,21)15(18,19)17(22,23)29-31(26,27)14-9-5-12(2)6-10-14/h3-10H,1-2H3. The van der Waals surface area contributed by atoms with Gasteiger partial charge in [-0.3, -0.25) is 8.37 Å². The maximum absolute atomic E-state index is 12.5. The van der Waals surface area contributed by atoms with Gasteiger partial charge in [0.1, 0.15) is 31.4 Å². The van der Waals surface area contributed by atoms with Gasteiger partial charge < -0.3 is 0 Å². The zero-order valence-electron chi connectivity index (χ0n) is 16.8. The van der Waals surface area contributed by atoms with E-state index in [1.807, 2.05) is 0 Å². The molecule has 0 saturated carbocycles. The lowest BCUT2D eigenvalue weighted by Gasteiger charge is -2.53. The van der Waals surface area contributed by atoms with E-state index in [4.69, 9.17) is 55.4 Å². The van der Waals surface area contributed by atoms with Crippen LogP contribution in [0, 0.1) is 13.8 Å². The number of hydrogen-bond acceptors (Lipinski definition) is 6. The van der Waals surface area contributed by atoms with Crippen LogP contribution in [0.25, 0.3) is 0 Å². The first-order chi connectivity index (χ1) is 13.9. The third-order valence-corrected chi connectivity index (χ3v) is 7.10. The van der Waals surface area contributed by atoms with Crippen molar-refractivity contribution >= 4 is 67.3 Å². The summed E-state index contributed by atoms with van der Waals surface area (Å²) in [5.74, 6) is 0. The molecule has 0 unspecified atom stereocenters. The molecule has 2 rings (SSSR count). The van der Waals surface area contributed by atoms with Gasteiger partial charge in [0.05, 0.1) is 25.5 Å². The normalized spacial score (nSPS) is 13.7. The van der Waals surface area contributed by atoms with Crippen molar-refractivity contribution in [3.63, 3.8) is 0 Å². The molecule has 0 aliphatic carbocycles. The molecule has 0 bridgehead atoms. The zero-order valence-corrected chi connectivity index (χ0v) is 18.5. The fraction of sp³-hybridized carbons (Fsp3) is 0.294. The SMILES string of the molecule is [B]C([B])(OS(=O)(=O)c1ccc(C)cc1)C([B])([B])C([B])([B])OS(=O)(=O)c1ccc(C)cc1. The molecular formula is C17H14B6O6S2. The highest BCUT2D eigenvalue weighted by Gasteiger charge is 2.50. The first-order valence-corrected chi connectivity index (χ1v) is 11.5. The minimum absolute atomic E-state index is 0.318. The summed E-state index contributed by atoms with van der Waals surface area (Å²) in [5.41, 5.74) is 1.55. The van der Waals surface area contributed by atoms with Crippen molar-refractivity contribution < 1.29 is 25.2 Å². The van der Waals surface area contributed by atoms with Gasteiger partial charge in [-0.05, 0) is 38.1 Å². The summed E-state index contributed by atoms with van der Waals surface area (Å²) >= 11 is 0. The lowest BCUT2D eigenvalue weighted by Crippen LogP contribution is -2.62. The first-order valence-electron chi connectivity index (χ1n) is 8.69. The molecule has 0 aromatic heterocycles. The molecule has 0 aliphatic rings. The molecule has 0 N–H and O–H groups in total. The lowest BCUT2D eigenvalue weighted by atomic mass is 9.25. The molecule has 31 heavy (non-hydrogen) atoms. The summed E-state index contributed by atoms with van der Waals surface area (Å²) in [5, 5.41) is -8.93. The molecule has 2 aromatic rings. The third kappa shape index (κ3) is 5.53. The van der Waals surface area contributed by atoms with Gasteiger partial charge in [0, 0.05) is 10.8 Å². The van der Waals surface area contributed by atoms with Crippen LogP contribution in [0.1, 0.15) is 11.1 Å². The van der Waals surface area contributed by atoms with Gasteiger partial charge in [-0.1, -0.05) is 40.6 Å². The van der Waals surface area contributed by atoms with Crippen molar-refractivity contribution in [1.82, 2.24) is 0 Å². The highest BCUT2D eigenvalue weighted by Crippen LogP contribution is 2.43. The molecule has 12 radical (unpaired) electrons. The van der Waals surface area contributed by atoms with Crippen LogP contribution in [0.5, 0.6) is 0 Å². The molecule has 148 valence electrons. The number of aryl methyl sites for hydroxylation is 2. The average molecular weight is 443 g/mol. The van der Waals surface area contributed by atoms with Crippen LogP contribution in [0.2, 0.25) is 5.21 Å². The largest absolute Gasteiger partial charge is 0.296 e. The Kier molecular flexibility index (Phi) is 7.13. The van der Waals surface area contributed by atoms with Crippen molar-refractivity contribution in [2.24, 2.45) is 0 Å². The third-order valence-electron chi connectivity index (χ3n) is 4.41. The van der Waals surface area contributed by atoms with Crippen LogP contribution in [0.4, 0.5) is 0 Å². The Morgan fingerprint density at radius 2 is 0.839 bits per heavy atom. The highest BCUT2D eigenvalue weighted by molar-refractivity contribution is 7.87. The summed E-state index contributed by atoms with van der Waals surface area (Å²) in [6.45, 7) is 3.47. The summed E-state index contributed by atoms with van der Waals surface area (Å²) < 4.78 is 59.7. The van der Waals surface area contributed by atoms with E-state index >= 15 is 0 Å². The Hall–Kier alpha value is -1.35. The Morgan fingerprint density at radius 1 is 0.581 bits per heavy atom. The van der Waals surface area contributed by atoms with E-state index < -0.39 is 36.2 Å². The van der Waals surface area contributed by atoms with E-state index in [2.05, 4.69) is 0 Å².